The van der Waals surface area contributed by atoms with Crippen LogP contribution in [0.3, 0.4) is 0 Å². The fraction of sp³-hybridized carbons (Fsp3) is 0.346. The van der Waals surface area contributed by atoms with E-state index in [4.69, 9.17) is 21.5 Å². The third kappa shape index (κ3) is 8.29. The highest BCUT2D eigenvalue weighted by Gasteiger charge is 2.37. The molecule has 1 unspecified atom stereocenters. The van der Waals surface area contributed by atoms with Gasteiger partial charge in [-0.2, -0.15) is 4.72 Å². The zero-order chi connectivity index (χ0) is 25.9. The maximum Gasteiger partial charge on any atom is 0.303 e. The second kappa shape index (κ2) is 13.3. The normalized spacial score (nSPS) is 17.8. The number of carboxylic acid groups (broad SMARTS) is 1. The Kier molecular flexibility index (Phi) is 10.2. The summed E-state index contributed by atoms with van der Waals surface area (Å²) in [4.78, 5) is 20.4. The predicted molar refractivity (Wildman–Crippen MR) is 139 cm³/mol. The number of unbranched alkanes of at least 4 members (excludes halogenated alkanes) is 4. The Morgan fingerprint density at radius 2 is 1.89 bits per heavy atom. The van der Waals surface area contributed by atoms with Crippen LogP contribution in [0.15, 0.2) is 82.5 Å². The molecular formula is C26H30ClN3O5S. The van der Waals surface area contributed by atoms with Gasteiger partial charge >= 0.3 is 5.97 Å². The minimum atomic E-state index is -3.89. The van der Waals surface area contributed by atoms with Gasteiger partial charge in [-0.15, -0.1) is 0 Å². The summed E-state index contributed by atoms with van der Waals surface area (Å²) >= 11 is 5.93. The fourth-order valence-electron chi connectivity index (χ4n) is 3.83. The van der Waals surface area contributed by atoms with Crippen LogP contribution in [0.1, 0.15) is 50.6 Å². The number of hydrogen-bond acceptors (Lipinski definition) is 6. The van der Waals surface area contributed by atoms with E-state index in [0.717, 1.165) is 31.3 Å². The number of carbonyl (C=O) groups is 1. The summed E-state index contributed by atoms with van der Waals surface area (Å²) in [6.07, 6.45) is 13.4. The van der Waals surface area contributed by atoms with Gasteiger partial charge in [-0.05, 0) is 61.2 Å². The Morgan fingerprint density at radius 3 is 2.61 bits per heavy atom. The molecule has 1 heterocycles. The van der Waals surface area contributed by atoms with Crippen LogP contribution < -0.4 is 4.72 Å². The number of nitrogens with zero attached hydrogens (tertiary/aromatic N) is 2. The lowest BCUT2D eigenvalue weighted by molar-refractivity contribution is -0.137. The van der Waals surface area contributed by atoms with Crippen molar-refractivity contribution in [3.8, 4) is 0 Å². The molecule has 0 saturated carbocycles. The van der Waals surface area contributed by atoms with Gasteiger partial charge < -0.3 is 9.94 Å². The first-order valence-electron chi connectivity index (χ1n) is 11.8. The summed E-state index contributed by atoms with van der Waals surface area (Å²) in [5.74, 6) is -0.760. The topological polar surface area (TPSA) is 118 Å². The van der Waals surface area contributed by atoms with E-state index in [1.165, 1.54) is 24.3 Å². The number of carboxylic acids is 1. The Labute approximate surface area is 216 Å². The van der Waals surface area contributed by atoms with Crippen molar-refractivity contribution >= 4 is 33.8 Å². The number of nitrogens with one attached hydrogen (secondary N) is 1. The molecule has 8 nitrogen and oxygen atoms in total. The van der Waals surface area contributed by atoms with Gasteiger partial charge in [0.2, 0.25) is 10.0 Å². The highest BCUT2D eigenvalue weighted by molar-refractivity contribution is 7.89. The third-order valence-corrected chi connectivity index (χ3v) is 7.43. The van der Waals surface area contributed by atoms with Crippen LogP contribution in [0.25, 0.3) is 0 Å². The molecule has 0 saturated heterocycles. The minimum Gasteiger partial charge on any atom is -0.481 e. The molecule has 1 aromatic heterocycles. The maximum atomic E-state index is 13.2. The van der Waals surface area contributed by atoms with Gasteiger partial charge in [0.15, 0.2) is 0 Å². The van der Waals surface area contributed by atoms with Gasteiger partial charge in [0.25, 0.3) is 0 Å². The molecule has 192 valence electrons. The largest absolute Gasteiger partial charge is 0.481 e. The lowest BCUT2D eigenvalue weighted by Crippen LogP contribution is -2.46. The number of allylic oxidation sites excluding steroid dienone is 2. The summed E-state index contributed by atoms with van der Waals surface area (Å²) in [6.45, 7) is 0.452. The molecule has 10 heteroatoms. The number of benzene rings is 1. The Balaban J connectivity index is 1.61. The van der Waals surface area contributed by atoms with Crippen LogP contribution in [-0.2, 0) is 25.2 Å². The number of oxime groups is 1. The van der Waals surface area contributed by atoms with E-state index in [9.17, 15) is 13.2 Å². The third-order valence-electron chi connectivity index (χ3n) is 5.66. The van der Waals surface area contributed by atoms with E-state index in [0.29, 0.717) is 30.2 Å². The first-order chi connectivity index (χ1) is 17.3. The molecule has 0 spiro atoms. The zero-order valence-corrected chi connectivity index (χ0v) is 21.4. The van der Waals surface area contributed by atoms with Crippen molar-refractivity contribution in [1.82, 2.24) is 9.71 Å². The number of pyridine rings is 1. The van der Waals surface area contributed by atoms with Gasteiger partial charge in [0, 0.05) is 24.1 Å². The number of aliphatic carboxylic acids is 1. The second-order valence-corrected chi connectivity index (χ2v) is 10.6. The molecule has 3 rings (SSSR count). The average molecular weight is 532 g/mol. The lowest BCUT2D eigenvalue weighted by Gasteiger charge is -2.33. The molecule has 0 amide bonds. The maximum absolute atomic E-state index is 13.2. The minimum absolute atomic E-state index is 0.103. The van der Waals surface area contributed by atoms with Crippen molar-refractivity contribution in [2.45, 2.75) is 55.4 Å². The van der Waals surface area contributed by atoms with Gasteiger partial charge in [-0.3, -0.25) is 9.78 Å². The van der Waals surface area contributed by atoms with E-state index in [-0.39, 0.29) is 11.3 Å². The molecule has 0 bridgehead atoms. The highest BCUT2D eigenvalue weighted by atomic mass is 35.5. The summed E-state index contributed by atoms with van der Waals surface area (Å²) in [6, 6.07) is 11.4. The average Bonchev–Trinajstić information content (AvgIpc) is 2.86. The standard InChI is InChI=1S/C26H30ClN3O5S/c27-22-12-14-23(15-13-22)36(33,34)30-26(24-10-5-6-17-28-24)16-8-9-21(19-26)20-29-35-18-7-3-1-2-4-11-25(31)32/h5-6,8-10,12-17,20,30H,1-4,7,11,18-19H2,(H,31,32)/b29-20+. The molecule has 0 radical (unpaired) electrons. The van der Waals surface area contributed by atoms with E-state index in [2.05, 4.69) is 14.9 Å². The molecule has 1 aromatic carbocycles. The molecular weight excluding hydrogens is 502 g/mol. The van der Waals surface area contributed by atoms with E-state index in [1.54, 1.807) is 36.7 Å². The number of aromatic nitrogens is 1. The van der Waals surface area contributed by atoms with Crippen molar-refractivity contribution in [2.24, 2.45) is 5.16 Å². The van der Waals surface area contributed by atoms with Crippen LogP contribution in [0.4, 0.5) is 0 Å². The van der Waals surface area contributed by atoms with Gasteiger partial charge in [0.1, 0.15) is 6.61 Å². The van der Waals surface area contributed by atoms with Crippen molar-refractivity contribution in [2.75, 3.05) is 6.61 Å². The van der Waals surface area contributed by atoms with Crippen molar-refractivity contribution in [3.05, 3.63) is 83.2 Å². The van der Waals surface area contributed by atoms with Crippen molar-refractivity contribution in [1.29, 1.82) is 0 Å². The fourth-order valence-corrected chi connectivity index (χ4v) is 5.30. The Hall–Kier alpha value is -3.01. The molecule has 36 heavy (non-hydrogen) atoms. The molecule has 1 atom stereocenters. The second-order valence-electron chi connectivity index (χ2n) is 8.50. The van der Waals surface area contributed by atoms with E-state index in [1.807, 2.05) is 12.1 Å². The summed E-state index contributed by atoms with van der Waals surface area (Å²) in [5.41, 5.74) is 0.225. The zero-order valence-electron chi connectivity index (χ0n) is 19.8. The van der Waals surface area contributed by atoms with Crippen LogP contribution >= 0.6 is 11.6 Å². The smallest absolute Gasteiger partial charge is 0.303 e. The first kappa shape index (κ1) is 27.6. The number of hydrogen-bond donors (Lipinski definition) is 2. The van der Waals surface area contributed by atoms with Crippen LogP contribution in [0, 0.1) is 0 Å². The number of sulfonamides is 1. The Bertz CT molecular complexity index is 1200. The van der Waals surface area contributed by atoms with Gasteiger partial charge in [-0.1, -0.05) is 53.9 Å². The number of rotatable bonds is 14. The predicted octanol–water partition coefficient (Wildman–Crippen LogP) is 5.22. The lowest BCUT2D eigenvalue weighted by atomic mass is 9.84. The number of halogens is 1. The quantitative estimate of drug-likeness (QED) is 0.196. The summed E-state index contributed by atoms with van der Waals surface area (Å²) in [5, 5.41) is 13.2. The molecule has 1 aliphatic carbocycles. The van der Waals surface area contributed by atoms with Crippen LogP contribution in [0.2, 0.25) is 5.02 Å². The molecule has 1 aliphatic rings. The Morgan fingerprint density at radius 1 is 1.14 bits per heavy atom. The van der Waals surface area contributed by atoms with Crippen LogP contribution in [0.5, 0.6) is 0 Å². The van der Waals surface area contributed by atoms with Crippen LogP contribution in [-0.4, -0.2) is 37.3 Å². The van der Waals surface area contributed by atoms with Gasteiger partial charge in [0.05, 0.1) is 22.3 Å². The molecule has 2 aromatic rings. The van der Waals surface area contributed by atoms with Crippen molar-refractivity contribution in [3.63, 3.8) is 0 Å². The van der Waals surface area contributed by atoms with Crippen molar-refractivity contribution < 1.29 is 23.2 Å². The van der Waals surface area contributed by atoms with E-state index < -0.39 is 21.5 Å². The molecule has 2 N–H and O–H groups in total. The molecule has 0 fully saturated rings. The van der Waals surface area contributed by atoms with E-state index >= 15 is 0 Å². The summed E-state index contributed by atoms with van der Waals surface area (Å²) < 4.78 is 29.3. The highest BCUT2D eigenvalue weighted by Crippen LogP contribution is 2.33. The van der Waals surface area contributed by atoms with Gasteiger partial charge in [-0.25, -0.2) is 8.42 Å². The SMILES string of the molecule is O=C(O)CCCCCCCO/N=C/C1=CC=CC(NS(=O)(=O)c2ccc(Cl)cc2)(c2ccccn2)C1. The monoisotopic (exact) mass is 531 g/mol. The summed E-state index contributed by atoms with van der Waals surface area (Å²) in [7, 11) is -3.89. The molecule has 0 aliphatic heterocycles. The first-order valence-corrected chi connectivity index (χ1v) is 13.6.